The minimum atomic E-state index is -0.479. The van der Waals surface area contributed by atoms with E-state index in [0.29, 0.717) is 34.3 Å². The van der Waals surface area contributed by atoms with E-state index < -0.39 is 5.97 Å². The summed E-state index contributed by atoms with van der Waals surface area (Å²) in [5.74, 6) is 1.48. The van der Waals surface area contributed by atoms with Crippen LogP contribution in [0, 0.1) is 0 Å². The molecule has 2 aromatic rings. The topological polar surface area (TPSA) is 85.2 Å². The highest BCUT2D eigenvalue weighted by Crippen LogP contribution is 2.22. The second-order valence-electron chi connectivity index (χ2n) is 5.18. The molecular formula is C16H20N2O4S2. The zero-order valence-corrected chi connectivity index (χ0v) is 15.5. The van der Waals surface area contributed by atoms with Crippen molar-refractivity contribution in [2.75, 3.05) is 6.61 Å². The number of carbonyl (C=O) groups is 1. The fourth-order valence-electron chi connectivity index (χ4n) is 1.78. The lowest BCUT2D eigenvalue weighted by Gasteiger charge is -2.05. The highest BCUT2D eigenvalue weighted by atomic mass is 32.2. The number of nitrogens with zero attached hydrogens (tertiary/aromatic N) is 1. The Balaban J connectivity index is 1.99. The van der Waals surface area contributed by atoms with E-state index in [9.17, 15) is 9.59 Å². The molecule has 0 unspecified atom stereocenters. The molecule has 0 saturated carbocycles. The Morgan fingerprint density at radius 1 is 1.38 bits per heavy atom. The lowest BCUT2D eigenvalue weighted by atomic mass is 10.4. The van der Waals surface area contributed by atoms with E-state index in [1.54, 1.807) is 30.8 Å². The van der Waals surface area contributed by atoms with Crippen LogP contribution < -0.4 is 5.56 Å². The van der Waals surface area contributed by atoms with Gasteiger partial charge < -0.3 is 14.1 Å². The summed E-state index contributed by atoms with van der Waals surface area (Å²) in [6, 6.07) is 4.82. The molecular weight excluding hydrogens is 348 g/mol. The molecule has 0 aromatic carbocycles. The van der Waals surface area contributed by atoms with Crippen LogP contribution in [-0.4, -0.2) is 27.8 Å². The second kappa shape index (κ2) is 8.98. The van der Waals surface area contributed by atoms with Crippen LogP contribution in [0.5, 0.6) is 0 Å². The van der Waals surface area contributed by atoms with Gasteiger partial charge in [-0.3, -0.25) is 4.79 Å². The quantitative estimate of drug-likeness (QED) is 0.434. The van der Waals surface area contributed by atoms with Crippen molar-refractivity contribution < 1.29 is 13.9 Å². The average Bonchev–Trinajstić information content (AvgIpc) is 3.00. The van der Waals surface area contributed by atoms with Crippen LogP contribution in [-0.2, 0) is 16.2 Å². The van der Waals surface area contributed by atoms with Gasteiger partial charge in [-0.15, -0.1) is 0 Å². The molecule has 2 heterocycles. The molecule has 0 saturated heterocycles. The van der Waals surface area contributed by atoms with Gasteiger partial charge in [0, 0.05) is 11.8 Å². The highest BCUT2D eigenvalue weighted by Gasteiger charge is 2.12. The van der Waals surface area contributed by atoms with Gasteiger partial charge in [0.15, 0.2) is 5.16 Å². The fraction of sp³-hybridized carbons (Fsp3) is 0.438. The molecule has 0 radical (unpaired) electrons. The molecule has 2 rings (SSSR count). The summed E-state index contributed by atoms with van der Waals surface area (Å²) in [4.78, 5) is 30.4. The summed E-state index contributed by atoms with van der Waals surface area (Å²) in [5, 5.41) is 1.02. The van der Waals surface area contributed by atoms with Crippen LogP contribution in [0.15, 0.2) is 32.6 Å². The SMILES string of the molecule is CCOC(=O)c1ccc(CSc2nc(CSC(C)C)cc(=O)[nH]2)o1. The molecule has 1 N–H and O–H groups in total. The molecule has 0 aliphatic heterocycles. The third kappa shape index (κ3) is 5.76. The predicted octanol–water partition coefficient (Wildman–Crippen LogP) is 3.47. The van der Waals surface area contributed by atoms with Crippen molar-refractivity contribution in [2.24, 2.45) is 0 Å². The van der Waals surface area contributed by atoms with Gasteiger partial charge in [0.05, 0.1) is 18.1 Å². The lowest BCUT2D eigenvalue weighted by Crippen LogP contribution is -2.10. The first kappa shape index (κ1) is 18.7. The first-order valence-corrected chi connectivity index (χ1v) is 9.61. The minimum Gasteiger partial charge on any atom is -0.460 e. The number of aromatic amines is 1. The molecule has 0 bridgehead atoms. The van der Waals surface area contributed by atoms with Crippen LogP contribution in [0.25, 0.3) is 0 Å². The zero-order chi connectivity index (χ0) is 17.5. The number of H-pyrrole nitrogens is 1. The first-order chi connectivity index (χ1) is 11.5. The van der Waals surface area contributed by atoms with Crippen molar-refractivity contribution in [2.45, 2.75) is 42.7 Å². The molecule has 6 nitrogen and oxygen atoms in total. The first-order valence-electron chi connectivity index (χ1n) is 7.58. The van der Waals surface area contributed by atoms with Crippen LogP contribution >= 0.6 is 23.5 Å². The monoisotopic (exact) mass is 368 g/mol. The van der Waals surface area contributed by atoms with Crippen molar-refractivity contribution >= 4 is 29.5 Å². The number of rotatable bonds is 8. The number of thioether (sulfide) groups is 2. The summed E-state index contributed by atoms with van der Waals surface area (Å²) in [7, 11) is 0. The normalized spacial score (nSPS) is 11.0. The highest BCUT2D eigenvalue weighted by molar-refractivity contribution is 7.99. The Morgan fingerprint density at radius 3 is 2.88 bits per heavy atom. The number of hydrogen-bond donors (Lipinski definition) is 1. The van der Waals surface area contributed by atoms with Crippen LogP contribution in [0.4, 0.5) is 0 Å². The molecule has 0 spiro atoms. The Morgan fingerprint density at radius 2 is 2.17 bits per heavy atom. The van der Waals surface area contributed by atoms with E-state index in [0.717, 1.165) is 5.69 Å². The van der Waals surface area contributed by atoms with E-state index in [2.05, 4.69) is 23.8 Å². The molecule has 24 heavy (non-hydrogen) atoms. The fourth-order valence-corrected chi connectivity index (χ4v) is 3.23. The van der Waals surface area contributed by atoms with Crippen LogP contribution in [0.1, 0.15) is 42.8 Å². The summed E-state index contributed by atoms with van der Waals surface area (Å²) in [6.07, 6.45) is 0. The molecule has 0 fully saturated rings. The van der Waals surface area contributed by atoms with E-state index in [1.165, 1.54) is 17.8 Å². The number of carbonyl (C=O) groups excluding carboxylic acids is 1. The van der Waals surface area contributed by atoms with E-state index >= 15 is 0 Å². The smallest absolute Gasteiger partial charge is 0.374 e. The molecule has 130 valence electrons. The van der Waals surface area contributed by atoms with Gasteiger partial charge >= 0.3 is 5.97 Å². The van der Waals surface area contributed by atoms with Gasteiger partial charge in [-0.1, -0.05) is 25.6 Å². The molecule has 0 aliphatic carbocycles. The average molecular weight is 368 g/mol. The second-order valence-corrected chi connectivity index (χ2v) is 7.71. The molecule has 0 amide bonds. The predicted molar refractivity (Wildman–Crippen MR) is 95.5 cm³/mol. The largest absolute Gasteiger partial charge is 0.460 e. The minimum absolute atomic E-state index is 0.168. The molecule has 2 aromatic heterocycles. The maximum absolute atomic E-state index is 11.7. The standard InChI is InChI=1S/C16H20N2O4S2/c1-4-21-15(20)13-6-5-12(22-13)9-24-16-17-11(7-14(19)18-16)8-23-10(2)3/h5-7,10H,4,8-9H2,1-3H3,(H,17,18,19). The maximum Gasteiger partial charge on any atom is 0.374 e. The summed E-state index contributed by atoms with van der Waals surface area (Å²) in [5.41, 5.74) is 0.588. The van der Waals surface area contributed by atoms with E-state index in [4.69, 9.17) is 9.15 Å². The molecule has 0 aliphatic rings. The van der Waals surface area contributed by atoms with Crippen molar-refractivity contribution in [1.29, 1.82) is 0 Å². The van der Waals surface area contributed by atoms with E-state index in [-0.39, 0.29) is 11.3 Å². The maximum atomic E-state index is 11.7. The lowest BCUT2D eigenvalue weighted by molar-refractivity contribution is 0.0488. The van der Waals surface area contributed by atoms with E-state index in [1.807, 2.05) is 0 Å². The Labute approximate surface area is 148 Å². The zero-order valence-electron chi connectivity index (χ0n) is 13.8. The van der Waals surface area contributed by atoms with Gasteiger partial charge in [-0.2, -0.15) is 11.8 Å². The van der Waals surface area contributed by atoms with Gasteiger partial charge in [-0.25, -0.2) is 9.78 Å². The number of furan rings is 1. The number of nitrogens with one attached hydrogen (secondary N) is 1. The van der Waals surface area contributed by atoms with Crippen molar-refractivity contribution in [1.82, 2.24) is 9.97 Å². The summed E-state index contributed by atoms with van der Waals surface area (Å²) < 4.78 is 10.3. The number of ether oxygens (including phenoxy) is 1. The number of hydrogen-bond acceptors (Lipinski definition) is 7. The van der Waals surface area contributed by atoms with Crippen LogP contribution in [0.3, 0.4) is 0 Å². The number of aromatic nitrogens is 2. The molecule has 0 atom stereocenters. The van der Waals surface area contributed by atoms with Gasteiger partial charge in [0.1, 0.15) is 5.76 Å². The Bertz CT molecular complexity index is 740. The van der Waals surface area contributed by atoms with Gasteiger partial charge in [-0.05, 0) is 24.3 Å². The van der Waals surface area contributed by atoms with Gasteiger partial charge in [0.2, 0.25) is 5.76 Å². The third-order valence-corrected chi connectivity index (χ3v) is 4.85. The summed E-state index contributed by atoms with van der Waals surface area (Å²) in [6.45, 7) is 6.25. The van der Waals surface area contributed by atoms with Gasteiger partial charge in [0.25, 0.3) is 5.56 Å². The Kier molecular flexibility index (Phi) is 6.99. The third-order valence-electron chi connectivity index (χ3n) is 2.83. The number of esters is 1. The van der Waals surface area contributed by atoms with Crippen molar-refractivity contribution in [3.8, 4) is 0 Å². The van der Waals surface area contributed by atoms with Crippen LogP contribution in [0.2, 0.25) is 0 Å². The van der Waals surface area contributed by atoms with Crippen molar-refractivity contribution in [3.63, 3.8) is 0 Å². The molecule has 8 heteroatoms. The summed E-state index contributed by atoms with van der Waals surface area (Å²) >= 11 is 3.09. The Hall–Kier alpha value is -1.67. The van der Waals surface area contributed by atoms with Crippen molar-refractivity contribution in [3.05, 3.63) is 45.8 Å².